The average molecular weight is 412 g/mol. The first-order valence-corrected chi connectivity index (χ1v) is 10.4. The third-order valence-electron chi connectivity index (χ3n) is 5.15. The molecule has 0 spiro atoms. The molecular weight excluding hydrogens is 381 g/mol. The molecule has 0 bridgehead atoms. The molecule has 0 saturated carbocycles. The third-order valence-corrected chi connectivity index (χ3v) is 5.15. The van der Waals surface area contributed by atoms with Crippen molar-refractivity contribution in [2.24, 2.45) is 7.05 Å². The summed E-state index contributed by atoms with van der Waals surface area (Å²) in [6.45, 7) is 7.29. The molecule has 3 rings (SSSR count). The van der Waals surface area contributed by atoms with Crippen LogP contribution in [0.1, 0.15) is 32.8 Å². The summed E-state index contributed by atoms with van der Waals surface area (Å²) in [5.74, 6) is 0.633. The van der Waals surface area contributed by atoms with E-state index in [9.17, 15) is 9.50 Å². The van der Waals surface area contributed by atoms with E-state index in [-0.39, 0.29) is 11.9 Å². The van der Waals surface area contributed by atoms with Crippen LogP contribution in [0.5, 0.6) is 11.6 Å². The Labute approximate surface area is 177 Å². The monoisotopic (exact) mass is 411 g/mol. The molecule has 1 atom stereocenters. The molecule has 1 heterocycles. The molecule has 1 N–H and O–H groups in total. The van der Waals surface area contributed by atoms with Crippen LogP contribution in [-0.2, 0) is 13.6 Å². The maximum absolute atomic E-state index is 13.7. The topological polar surface area (TPSA) is 50.5 Å². The van der Waals surface area contributed by atoms with Crippen molar-refractivity contribution in [3.63, 3.8) is 0 Å². The largest absolute Gasteiger partial charge is 0.439 e. The number of rotatable bonds is 9. The van der Waals surface area contributed by atoms with Crippen molar-refractivity contribution < 1.29 is 14.2 Å². The van der Waals surface area contributed by atoms with Crippen LogP contribution < -0.4 is 4.74 Å². The Morgan fingerprint density at radius 2 is 1.87 bits per heavy atom. The normalized spacial score (nSPS) is 12.5. The van der Waals surface area contributed by atoms with Gasteiger partial charge in [-0.2, -0.15) is 5.10 Å². The van der Waals surface area contributed by atoms with Crippen LogP contribution in [-0.4, -0.2) is 38.5 Å². The van der Waals surface area contributed by atoms with Crippen LogP contribution in [0.2, 0.25) is 0 Å². The summed E-state index contributed by atoms with van der Waals surface area (Å²) in [6, 6.07) is 16.3. The van der Waals surface area contributed by atoms with Gasteiger partial charge in [0.05, 0.1) is 11.7 Å². The number of hydrogen-bond acceptors (Lipinski definition) is 4. The molecule has 0 saturated heterocycles. The Hall–Kier alpha value is -2.70. The van der Waals surface area contributed by atoms with E-state index in [0.717, 1.165) is 16.8 Å². The second-order valence-electron chi connectivity index (χ2n) is 7.77. The first-order chi connectivity index (χ1) is 14.4. The van der Waals surface area contributed by atoms with Gasteiger partial charge in [-0.1, -0.05) is 43.3 Å². The fourth-order valence-electron chi connectivity index (χ4n) is 3.35. The summed E-state index contributed by atoms with van der Waals surface area (Å²) < 4.78 is 21.5. The van der Waals surface area contributed by atoms with Gasteiger partial charge in [-0.3, -0.25) is 4.90 Å². The summed E-state index contributed by atoms with van der Waals surface area (Å²) in [4.78, 5) is 2.20. The first kappa shape index (κ1) is 22.0. The zero-order chi connectivity index (χ0) is 21.7. The lowest BCUT2D eigenvalue weighted by atomic mass is 10.1. The first-order valence-electron chi connectivity index (χ1n) is 10.4. The molecule has 0 aliphatic rings. The van der Waals surface area contributed by atoms with Gasteiger partial charge in [0, 0.05) is 37.8 Å². The smallest absolute Gasteiger partial charge is 0.222 e. The zero-order valence-electron chi connectivity index (χ0n) is 18.0. The van der Waals surface area contributed by atoms with Crippen molar-refractivity contribution in [3.8, 4) is 22.9 Å². The highest BCUT2D eigenvalue weighted by Crippen LogP contribution is 2.34. The van der Waals surface area contributed by atoms with Crippen LogP contribution in [0.4, 0.5) is 4.39 Å². The molecule has 30 heavy (non-hydrogen) atoms. The van der Waals surface area contributed by atoms with Crippen molar-refractivity contribution >= 4 is 0 Å². The molecule has 0 aliphatic heterocycles. The molecule has 0 unspecified atom stereocenters. The van der Waals surface area contributed by atoms with E-state index in [2.05, 4.69) is 18.7 Å². The van der Waals surface area contributed by atoms with Gasteiger partial charge in [0.2, 0.25) is 5.88 Å². The maximum atomic E-state index is 13.7. The number of aliphatic hydroxyl groups is 1. The number of ether oxygens (including phenoxy) is 1. The Morgan fingerprint density at radius 3 is 2.50 bits per heavy atom. The number of aryl methyl sites for hydroxylation is 1. The quantitative estimate of drug-likeness (QED) is 0.538. The Kier molecular flexibility index (Phi) is 7.24. The van der Waals surface area contributed by atoms with Gasteiger partial charge in [-0.15, -0.1) is 0 Å². The minimum Gasteiger partial charge on any atom is -0.439 e. The summed E-state index contributed by atoms with van der Waals surface area (Å²) in [7, 11) is 1.82. The highest BCUT2D eigenvalue weighted by Gasteiger charge is 2.24. The molecular formula is C24H30FN3O2. The van der Waals surface area contributed by atoms with E-state index >= 15 is 0 Å². The molecule has 0 amide bonds. The van der Waals surface area contributed by atoms with Gasteiger partial charge in [0.15, 0.2) is 0 Å². The summed E-state index contributed by atoms with van der Waals surface area (Å²) in [5, 5.41) is 15.0. The molecule has 0 radical (unpaired) electrons. The van der Waals surface area contributed by atoms with Crippen LogP contribution in [0.3, 0.4) is 0 Å². The molecule has 0 fully saturated rings. The van der Waals surface area contributed by atoms with Crippen molar-refractivity contribution in [1.29, 1.82) is 0 Å². The van der Waals surface area contributed by atoms with Gasteiger partial charge in [0.25, 0.3) is 0 Å². The highest BCUT2D eigenvalue weighted by atomic mass is 19.1. The van der Waals surface area contributed by atoms with Gasteiger partial charge >= 0.3 is 0 Å². The van der Waals surface area contributed by atoms with Gasteiger partial charge in [-0.05, 0) is 32.4 Å². The second-order valence-corrected chi connectivity index (χ2v) is 7.77. The molecule has 6 heteroatoms. The maximum Gasteiger partial charge on any atom is 0.222 e. The molecule has 3 aromatic rings. The number of benzene rings is 2. The summed E-state index contributed by atoms with van der Waals surface area (Å²) >= 11 is 0. The summed E-state index contributed by atoms with van der Waals surface area (Å²) in [5.41, 5.74) is 2.71. The standard InChI is InChI=1S/C24H30FN3O2/c1-5-20(29)15-28(17(2)3)16-22-23(18-10-7-6-8-11-18)26-27(4)24(22)30-21-13-9-12-19(25)14-21/h6-14,17,20,29H,5,15-16H2,1-4H3/t20-/m1/s1. The minimum atomic E-state index is -0.406. The van der Waals surface area contributed by atoms with Gasteiger partial charge < -0.3 is 9.84 Å². The van der Waals surface area contributed by atoms with Crippen LogP contribution in [0, 0.1) is 5.82 Å². The van der Waals surface area contributed by atoms with Crippen LogP contribution in [0.25, 0.3) is 11.3 Å². The van der Waals surface area contributed by atoms with E-state index in [1.165, 1.54) is 12.1 Å². The Bertz CT molecular complexity index is 956. The number of aliphatic hydroxyl groups excluding tert-OH is 1. The van der Waals surface area contributed by atoms with E-state index in [4.69, 9.17) is 9.84 Å². The highest BCUT2D eigenvalue weighted by molar-refractivity contribution is 5.65. The van der Waals surface area contributed by atoms with Gasteiger partial charge in [0.1, 0.15) is 17.3 Å². The van der Waals surface area contributed by atoms with E-state index < -0.39 is 6.10 Å². The van der Waals surface area contributed by atoms with E-state index in [0.29, 0.717) is 31.1 Å². The number of aromatic nitrogens is 2. The van der Waals surface area contributed by atoms with Gasteiger partial charge in [-0.25, -0.2) is 9.07 Å². The fraction of sp³-hybridized carbons (Fsp3) is 0.375. The van der Waals surface area contributed by atoms with Crippen molar-refractivity contribution in [2.45, 2.75) is 45.9 Å². The molecule has 2 aromatic carbocycles. The van der Waals surface area contributed by atoms with E-state index in [1.807, 2.05) is 44.3 Å². The third kappa shape index (κ3) is 5.26. The molecule has 0 aliphatic carbocycles. The molecule has 160 valence electrons. The SMILES string of the molecule is CC[C@@H](O)CN(Cc1c(-c2ccccc2)nn(C)c1Oc1cccc(F)c1)C(C)C. The predicted molar refractivity (Wildman–Crippen MR) is 117 cm³/mol. The minimum absolute atomic E-state index is 0.219. The second kappa shape index (κ2) is 9.87. The number of nitrogens with zero attached hydrogens (tertiary/aromatic N) is 3. The van der Waals surface area contributed by atoms with Crippen LogP contribution in [0.15, 0.2) is 54.6 Å². The van der Waals surface area contributed by atoms with Crippen molar-refractivity contribution in [1.82, 2.24) is 14.7 Å². The average Bonchev–Trinajstić information content (AvgIpc) is 3.03. The Balaban J connectivity index is 2.04. The Morgan fingerprint density at radius 1 is 1.13 bits per heavy atom. The molecule has 5 nitrogen and oxygen atoms in total. The lowest BCUT2D eigenvalue weighted by molar-refractivity contribution is 0.0877. The van der Waals surface area contributed by atoms with Crippen LogP contribution >= 0.6 is 0 Å². The fourth-order valence-corrected chi connectivity index (χ4v) is 3.35. The van der Waals surface area contributed by atoms with E-state index in [1.54, 1.807) is 16.8 Å². The number of hydrogen-bond donors (Lipinski definition) is 1. The lowest BCUT2D eigenvalue weighted by Crippen LogP contribution is -2.37. The van der Waals surface area contributed by atoms with Crippen molar-refractivity contribution in [3.05, 3.63) is 66.0 Å². The number of halogens is 1. The predicted octanol–water partition coefficient (Wildman–Crippen LogP) is 5.00. The van der Waals surface area contributed by atoms with Crippen molar-refractivity contribution in [2.75, 3.05) is 6.54 Å². The molecule has 1 aromatic heterocycles. The lowest BCUT2D eigenvalue weighted by Gasteiger charge is -2.28. The zero-order valence-corrected chi connectivity index (χ0v) is 18.0. The summed E-state index contributed by atoms with van der Waals surface area (Å²) in [6.07, 6.45) is 0.283.